The Balaban J connectivity index is 2.10. The molecule has 3 N–H and O–H groups in total. The molecule has 7 nitrogen and oxygen atoms in total. The van der Waals surface area contributed by atoms with Crippen LogP contribution in [-0.2, 0) is 22.4 Å². The van der Waals surface area contributed by atoms with Crippen molar-refractivity contribution in [3.05, 3.63) is 75.3 Å². The van der Waals surface area contributed by atoms with Crippen molar-refractivity contribution in [2.24, 2.45) is 5.73 Å². The molecule has 0 fully saturated rings. The first-order chi connectivity index (χ1) is 12.3. The third kappa shape index (κ3) is 4.82. The average molecular weight is 363 g/mol. The van der Waals surface area contributed by atoms with Gasteiger partial charge >= 0.3 is 0 Å². The summed E-state index contributed by atoms with van der Waals surface area (Å²) < 4.78 is 26.1. The van der Waals surface area contributed by atoms with Gasteiger partial charge < -0.3 is 11.1 Å². The third-order valence-corrected chi connectivity index (χ3v) is 3.64. The van der Waals surface area contributed by atoms with Gasteiger partial charge in [0, 0.05) is 18.1 Å². The Bertz CT molecular complexity index is 858. The number of carbonyl (C=O) groups excluding carboxylic acids is 2. The molecule has 1 atom stereocenters. The van der Waals surface area contributed by atoms with Crippen LogP contribution in [0.1, 0.15) is 11.1 Å². The first-order valence-corrected chi connectivity index (χ1v) is 7.53. The number of primary amides is 1. The van der Waals surface area contributed by atoms with E-state index in [1.165, 1.54) is 24.3 Å². The minimum Gasteiger partial charge on any atom is -0.368 e. The van der Waals surface area contributed by atoms with Crippen LogP contribution in [-0.4, -0.2) is 22.8 Å². The molecule has 0 aliphatic carbocycles. The van der Waals surface area contributed by atoms with Gasteiger partial charge in [0.05, 0.1) is 11.3 Å². The van der Waals surface area contributed by atoms with Gasteiger partial charge in [-0.15, -0.1) is 0 Å². The number of hydrogen-bond acceptors (Lipinski definition) is 4. The lowest BCUT2D eigenvalue weighted by molar-refractivity contribution is -0.385. The van der Waals surface area contributed by atoms with Gasteiger partial charge in [-0.2, -0.15) is 0 Å². The van der Waals surface area contributed by atoms with Crippen LogP contribution < -0.4 is 11.1 Å². The first kappa shape index (κ1) is 19.0. The molecule has 2 rings (SSSR count). The smallest absolute Gasteiger partial charge is 0.272 e. The molecule has 0 bridgehead atoms. The van der Waals surface area contributed by atoms with Gasteiger partial charge in [0.1, 0.15) is 6.04 Å². The molecular weight excluding hydrogens is 348 g/mol. The molecule has 0 aliphatic rings. The van der Waals surface area contributed by atoms with E-state index in [1.807, 2.05) is 0 Å². The van der Waals surface area contributed by atoms with Crippen molar-refractivity contribution in [2.75, 3.05) is 0 Å². The number of nitro benzene ring substituents is 1. The lowest BCUT2D eigenvalue weighted by atomic mass is 10.0. The molecule has 2 aromatic carbocycles. The molecule has 0 heterocycles. The number of rotatable bonds is 7. The lowest BCUT2D eigenvalue weighted by Crippen LogP contribution is -2.46. The van der Waals surface area contributed by atoms with E-state index in [1.54, 1.807) is 6.07 Å². The van der Waals surface area contributed by atoms with Gasteiger partial charge in [-0.05, 0) is 17.7 Å². The number of carbonyl (C=O) groups is 2. The number of para-hydroxylation sites is 1. The standard InChI is InChI=1S/C17H15F2N3O4/c18-12-6-5-10(7-13(12)19)8-16(23)21-14(17(20)24)9-11-3-1-2-4-15(11)22(25)26/h1-7,14H,8-9H2,(H2,20,24)(H,21,23)/t14-/m0/s1. The summed E-state index contributed by atoms with van der Waals surface area (Å²) in [7, 11) is 0. The molecule has 0 unspecified atom stereocenters. The zero-order chi connectivity index (χ0) is 19.3. The second-order valence-corrected chi connectivity index (χ2v) is 5.54. The Morgan fingerprint density at radius 1 is 1.15 bits per heavy atom. The Morgan fingerprint density at radius 3 is 2.46 bits per heavy atom. The number of nitro groups is 1. The Kier molecular flexibility index (Phi) is 5.94. The van der Waals surface area contributed by atoms with Gasteiger partial charge in [-0.3, -0.25) is 19.7 Å². The lowest BCUT2D eigenvalue weighted by Gasteiger charge is -2.16. The highest BCUT2D eigenvalue weighted by Gasteiger charge is 2.23. The van der Waals surface area contributed by atoms with Crippen molar-refractivity contribution >= 4 is 17.5 Å². The van der Waals surface area contributed by atoms with E-state index < -0.39 is 34.4 Å². The minimum absolute atomic E-state index is 0.171. The van der Waals surface area contributed by atoms with Crippen molar-refractivity contribution in [3.63, 3.8) is 0 Å². The summed E-state index contributed by atoms with van der Waals surface area (Å²) in [5.74, 6) is -3.66. The maximum atomic E-state index is 13.2. The van der Waals surface area contributed by atoms with Crippen LogP contribution in [0, 0.1) is 21.7 Å². The van der Waals surface area contributed by atoms with Crippen LogP contribution in [0.25, 0.3) is 0 Å². The largest absolute Gasteiger partial charge is 0.368 e. The maximum Gasteiger partial charge on any atom is 0.272 e. The summed E-state index contributed by atoms with van der Waals surface area (Å²) in [5, 5.41) is 13.4. The van der Waals surface area contributed by atoms with Crippen LogP contribution in [0.15, 0.2) is 42.5 Å². The van der Waals surface area contributed by atoms with E-state index in [4.69, 9.17) is 5.73 Å². The number of benzene rings is 2. The highest BCUT2D eigenvalue weighted by atomic mass is 19.2. The topological polar surface area (TPSA) is 115 Å². The fourth-order valence-electron chi connectivity index (χ4n) is 2.38. The van der Waals surface area contributed by atoms with Crippen molar-refractivity contribution < 1.29 is 23.3 Å². The second-order valence-electron chi connectivity index (χ2n) is 5.54. The van der Waals surface area contributed by atoms with Crippen LogP contribution >= 0.6 is 0 Å². The molecule has 2 amide bonds. The Morgan fingerprint density at radius 2 is 1.85 bits per heavy atom. The molecule has 26 heavy (non-hydrogen) atoms. The summed E-state index contributed by atoms with van der Waals surface area (Å²) in [6.45, 7) is 0. The molecule has 0 saturated heterocycles. The predicted octanol–water partition coefficient (Wildman–Crippen LogP) is 1.63. The molecule has 0 spiro atoms. The average Bonchev–Trinajstić information content (AvgIpc) is 2.57. The Hall–Kier alpha value is -3.36. The predicted molar refractivity (Wildman–Crippen MR) is 88.0 cm³/mol. The molecule has 0 aromatic heterocycles. The zero-order valence-electron chi connectivity index (χ0n) is 13.4. The number of halogens is 2. The fraction of sp³-hybridized carbons (Fsp3) is 0.176. The van der Waals surface area contributed by atoms with Crippen molar-refractivity contribution in [3.8, 4) is 0 Å². The normalized spacial score (nSPS) is 11.6. The monoisotopic (exact) mass is 363 g/mol. The first-order valence-electron chi connectivity index (χ1n) is 7.53. The molecule has 9 heteroatoms. The van der Waals surface area contributed by atoms with Crippen LogP contribution in [0.4, 0.5) is 14.5 Å². The molecule has 136 valence electrons. The SMILES string of the molecule is NC(=O)[C@H](Cc1ccccc1[N+](=O)[O-])NC(=O)Cc1ccc(F)c(F)c1. The van der Waals surface area contributed by atoms with Crippen LogP contribution in [0.2, 0.25) is 0 Å². The molecular formula is C17H15F2N3O4. The van der Waals surface area contributed by atoms with Crippen LogP contribution in [0.5, 0.6) is 0 Å². The number of nitrogens with zero attached hydrogens (tertiary/aromatic N) is 1. The Labute approximate surface area is 147 Å². The van der Waals surface area contributed by atoms with Gasteiger partial charge in [-0.1, -0.05) is 24.3 Å². The van der Waals surface area contributed by atoms with Gasteiger partial charge in [0.2, 0.25) is 11.8 Å². The molecule has 2 aromatic rings. The third-order valence-electron chi connectivity index (χ3n) is 3.64. The van der Waals surface area contributed by atoms with E-state index in [0.717, 1.165) is 12.1 Å². The minimum atomic E-state index is -1.19. The molecule has 0 radical (unpaired) electrons. The summed E-state index contributed by atoms with van der Waals surface area (Å²) in [6.07, 6.45) is -0.478. The van der Waals surface area contributed by atoms with Gasteiger partial charge in [-0.25, -0.2) is 8.78 Å². The zero-order valence-corrected chi connectivity index (χ0v) is 13.4. The maximum absolute atomic E-state index is 13.2. The fourth-order valence-corrected chi connectivity index (χ4v) is 2.38. The number of nitrogens with one attached hydrogen (secondary N) is 1. The number of hydrogen-bond donors (Lipinski definition) is 2. The number of nitrogens with two attached hydrogens (primary N) is 1. The van der Waals surface area contributed by atoms with Crippen molar-refractivity contribution in [1.29, 1.82) is 0 Å². The van der Waals surface area contributed by atoms with Crippen molar-refractivity contribution in [1.82, 2.24) is 5.32 Å². The summed E-state index contributed by atoms with van der Waals surface area (Å²) in [6, 6.07) is 7.57. The quantitative estimate of drug-likeness (QED) is 0.574. The van der Waals surface area contributed by atoms with Crippen molar-refractivity contribution in [2.45, 2.75) is 18.9 Å². The molecule has 0 aliphatic heterocycles. The molecule has 0 saturated carbocycles. The van der Waals surface area contributed by atoms with Gasteiger partial charge in [0.15, 0.2) is 11.6 Å². The van der Waals surface area contributed by atoms with E-state index in [-0.39, 0.29) is 29.7 Å². The van der Waals surface area contributed by atoms with Crippen LogP contribution in [0.3, 0.4) is 0 Å². The highest BCUT2D eigenvalue weighted by molar-refractivity contribution is 5.87. The van der Waals surface area contributed by atoms with E-state index in [9.17, 15) is 28.5 Å². The summed E-state index contributed by atoms with van der Waals surface area (Å²) in [5.41, 5.74) is 5.50. The van der Waals surface area contributed by atoms with Gasteiger partial charge in [0.25, 0.3) is 5.69 Å². The summed E-state index contributed by atoms with van der Waals surface area (Å²) >= 11 is 0. The number of amides is 2. The highest BCUT2D eigenvalue weighted by Crippen LogP contribution is 2.19. The summed E-state index contributed by atoms with van der Waals surface area (Å²) in [4.78, 5) is 34.1. The second kappa shape index (κ2) is 8.15. The van der Waals surface area contributed by atoms with E-state index in [0.29, 0.717) is 0 Å². The van der Waals surface area contributed by atoms with E-state index in [2.05, 4.69) is 5.32 Å². The van der Waals surface area contributed by atoms with E-state index >= 15 is 0 Å².